The molecule has 2 rings (SSSR count). The molecule has 1 atom stereocenters. The van der Waals surface area contributed by atoms with Gasteiger partial charge in [-0.2, -0.15) is 0 Å². The molecule has 0 radical (unpaired) electrons. The topological polar surface area (TPSA) is 26.3 Å². The third-order valence-electron chi connectivity index (χ3n) is 7.09. The fourth-order valence-electron chi connectivity index (χ4n) is 4.92. The Morgan fingerprint density at radius 2 is 1.52 bits per heavy atom. The lowest BCUT2D eigenvalue weighted by atomic mass is 9.68. The van der Waals surface area contributed by atoms with Crippen molar-refractivity contribution in [1.29, 1.82) is 0 Å². The van der Waals surface area contributed by atoms with Crippen molar-refractivity contribution < 1.29 is 9.53 Å². The van der Waals surface area contributed by atoms with Crippen molar-refractivity contribution >= 4 is 5.97 Å². The highest BCUT2D eigenvalue weighted by Gasteiger charge is 2.33. The summed E-state index contributed by atoms with van der Waals surface area (Å²) in [5.74, 6) is 3.60. The van der Waals surface area contributed by atoms with Crippen LogP contribution in [0, 0.1) is 29.6 Å². The molecule has 0 aromatic carbocycles. The summed E-state index contributed by atoms with van der Waals surface area (Å²) in [6.45, 7) is 7.22. The molecule has 0 N–H and O–H groups in total. The van der Waals surface area contributed by atoms with E-state index >= 15 is 0 Å². The second-order valence-electron chi connectivity index (χ2n) is 9.03. The van der Waals surface area contributed by atoms with Crippen LogP contribution in [0.2, 0.25) is 0 Å². The quantitative estimate of drug-likeness (QED) is 0.339. The number of hydrogen-bond acceptors (Lipinski definition) is 2. The molecule has 2 aliphatic rings. The molecule has 0 spiro atoms. The summed E-state index contributed by atoms with van der Waals surface area (Å²) in [6, 6.07) is 0. The molecule has 0 unspecified atom stereocenters. The normalized spacial score (nSPS) is 31.5. The van der Waals surface area contributed by atoms with Crippen molar-refractivity contribution in [2.75, 3.05) is 6.61 Å². The van der Waals surface area contributed by atoms with Gasteiger partial charge < -0.3 is 4.74 Å². The van der Waals surface area contributed by atoms with Gasteiger partial charge in [-0.25, -0.2) is 0 Å². The number of carbonyl (C=O) groups is 1. The van der Waals surface area contributed by atoms with Crippen molar-refractivity contribution in [2.24, 2.45) is 29.6 Å². The molecule has 2 heteroatoms. The number of carbonyl (C=O) groups excluding carboxylic acids is 1. The van der Waals surface area contributed by atoms with Gasteiger partial charge in [0.2, 0.25) is 0 Å². The number of rotatable bonds is 9. The van der Waals surface area contributed by atoms with Gasteiger partial charge in [-0.05, 0) is 62.2 Å². The first-order chi connectivity index (χ1) is 12.1. The van der Waals surface area contributed by atoms with Crippen LogP contribution in [0.25, 0.3) is 0 Å². The number of ether oxygens (including phenoxy) is 1. The fourth-order valence-corrected chi connectivity index (χ4v) is 4.92. The van der Waals surface area contributed by atoms with E-state index < -0.39 is 0 Å². The summed E-state index contributed by atoms with van der Waals surface area (Å²) in [5, 5.41) is 0. The fraction of sp³-hybridized carbons (Fsp3) is 0.957. The molecule has 25 heavy (non-hydrogen) atoms. The minimum atomic E-state index is 0.0818. The Morgan fingerprint density at radius 1 is 0.920 bits per heavy atom. The molecule has 2 saturated carbocycles. The highest BCUT2D eigenvalue weighted by Crippen LogP contribution is 2.42. The van der Waals surface area contributed by atoms with Crippen LogP contribution in [0.4, 0.5) is 0 Å². The molecule has 146 valence electrons. The van der Waals surface area contributed by atoms with E-state index in [1.165, 1.54) is 64.2 Å². The monoisotopic (exact) mass is 350 g/mol. The van der Waals surface area contributed by atoms with Crippen LogP contribution in [0.15, 0.2) is 0 Å². The predicted octanol–water partition coefficient (Wildman–Crippen LogP) is 6.77. The highest BCUT2D eigenvalue weighted by atomic mass is 16.5. The van der Waals surface area contributed by atoms with E-state index in [2.05, 4.69) is 20.8 Å². The Morgan fingerprint density at radius 3 is 2.08 bits per heavy atom. The van der Waals surface area contributed by atoms with Gasteiger partial charge in [-0.15, -0.1) is 0 Å². The second kappa shape index (κ2) is 11.2. The van der Waals surface area contributed by atoms with Gasteiger partial charge in [0.1, 0.15) is 0 Å². The summed E-state index contributed by atoms with van der Waals surface area (Å²) in [5.41, 5.74) is 0. The highest BCUT2D eigenvalue weighted by molar-refractivity contribution is 5.72. The number of hydrogen-bond donors (Lipinski definition) is 0. The predicted molar refractivity (Wildman–Crippen MR) is 105 cm³/mol. The van der Waals surface area contributed by atoms with Gasteiger partial charge in [-0.3, -0.25) is 4.79 Å². The van der Waals surface area contributed by atoms with Crippen molar-refractivity contribution in [3.05, 3.63) is 0 Å². The molecule has 0 bridgehead atoms. The van der Waals surface area contributed by atoms with Gasteiger partial charge in [0.05, 0.1) is 12.5 Å². The van der Waals surface area contributed by atoms with Crippen LogP contribution in [0.5, 0.6) is 0 Å². The molecule has 2 fully saturated rings. The van der Waals surface area contributed by atoms with Crippen molar-refractivity contribution in [3.8, 4) is 0 Å². The van der Waals surface area contributed by atoms with Gasteiger partial charge in [0, 0.05) is 0 Å². The minimum Gasteiger partial charge on any atom is -0.465 e. The van der Waals surface area contributed by atoms with E-state index in [4.69, 9.17) is 4.74 Å². The summed E-state index contributed by atoms with van der Waals surface area (Å²) in [6.07, 6.45) is 17.2. The molecule has 0 heterocycles. The van der Waals surface area contributed by atoms with E-state index in [0.29, 0.717) is 12.5 Å². The summed E-state index contributed by atoms with van der Waals surface area (Å²) in [7, 11) is 0. The molecule has 0 aromatic rings. The zero-order valence-electron chi connectivity index (χ0n) is 17.1. The average Bonchev–Trinajstić information content (AvgIpc) is 2.66. The number of unbranched alkanes of at least 4 members (excludes halogenated alkanes) is 2. The van der Waals surface area contributed by atoms with E-state index in [-0.39, 0.29) is 11.9 Å². The van der Waals surface area contributed by atoms with Gasteiger partial charge >= 0.3 is 5.97 Å². The summed E-state index contributed by atoms with van der Waals surface area (Å²) in [4.78, 5) is 12.2. The molecular formula is C23H42O2. The minimum absolute atomic E-state index is 0.0818. The van der Waals surface area contributed by atoms with Crippen LogP contribution >= 0.6 is 0 Å². The Labute approximate surface area is 156 Å². The summed E-state index contributed by atoms with van der Waals surface area (Å²) < 4.78 is 5.54. The van der Waals surface area contributed by atoms with Crippen LogP contribution in [0.1, 0.15) is 104 Å². The third kappa shape index (κ3) is 6.94. The first kappa shape index (κ1) is 20.8. The molecule has 2 nitrogen and oxygen atoms in total. The second-order valence-corrected chi connectivity index (χ2v) is 9.03. The Hall–Kier alpha value is -0.530. The van der Waals surface area contributed by atoms with Crippen LogP contribution < -0.4 is 0 Å². The molecule has 2 aliphatic carbocycles. The lowest BCUT2D eigenvalue weighted by Crippen LogP contribution is -2.29. The average molecular weight is 351 g/mol. The zero-order valence-corrected chi connectivity index (χ0v) is 17.1. The largest absolute Gasteiger partial charge is 0.465 e. The Balaban J connectivity index is 1.63. The maximum atomic E-state index is 12.2. The number of esters is 1. The van der Waals surface area contributed by atoms with Crippen LogP contribution in [0.3, 0.4) is 0 Å². The van der Waals surface area contributed by atoms with E-state index in [9.17, 15) is 4.79 Å². The third-order valence-corrected chi connectivity index (χ3v) is 7.09. The lowest BCUT2D eigenvalue weighted by molar-refractivity contribution is -0.151. The van der Waals surface area contributed by atoms with Crippen molar-refractivity contribution in [3.63, 3.8) is 0 Å². The lowest BCUT2D eigenvalue weighted by Gasteiger charge is -2.37. The standard InChI is InChI=1S/C23H42O2/c1-4-6-7-8-19-9-11-20(12-10-19)21-13-15-22(16-14-21)23(24)25-17-18(3)5-2/h18-22H,4-17H2,1-3H3/t18-,19?,20?,21?,22?/m1/s1. The van der Waals surface area contributed by atoms with Crippen LogP contribution in [-0.2, 0) is 9.53 Å². The maximum Gasteiger partial charge on any atom is 0.308 e. The zero-order chi connectivity index (χ0) is 18.1. The van der Waals surface area contributed by atoms with Crippen molar-refractivity contribution in [2.45, 2.75) is 104 Å². The molecular weight excluding hydrogens is 308 g/mol. The van der Waals surface area contributed by atoms with Crippen molar-refractivity contribution in [1.82, 2.24) is 0 Å². The van der Waals surface area contributed by atoms with Gasteiger partial charge in [-0.1, -0.05) is 65.7 Å². The van der Waals surface area contributed by atoms with Crippen LogP contribution in [-0.4, -0.2) is 12.6 Å². The Bertz CT molecular complexity index is 362. The Kier molecular flexibility index (Phi) is 9.34. The van der Waals surface area contributed by atoms with E-state index in [1.54, 1.807) is 0 Å². The van der Waals surface area contributed by atoms with E-state index in [1.807, 2.05) is 0 Å². The smallest absolute Gasteiger partial charge is 0.308 e. The molecule has 0 saturated heterocycles. The molecule has 0 amide bonds. The molecule has 0 aromatic heterocycles. The first-order valence-corrected chi connectivity index (χ1v) is 11.3. The SMILES string of the molecule is CCCCCC1CCC(C2CCC(C(=O)OC[C@H](C)CC)CC2)CC1. The first-order valence-electron chi connectivity index (χ1n) is 11.3. The maximum absolute atomic E-state index is 12.2. The van der Waals surface area contributed by atoms with E-state index in [0.717, 1.165) is 37.0 Å². The summed E-state index contributed by atoms with van der Waals surface area (Å²) >= 11 is 0. The van der Waals surface area contributed by atoms with Gasteiger partial charge in [0.15, 0.2) is 0 Å². The van der Waals surface area contributed by atoms with Gasteiger partial charge in [0.25, 0.3) is 0 Å². The molecule has 0 aliphatic heterocycles.